The van der Waals surface area contributed by atoms with Crippen molar-refractivity contribution in [3.8, 4) is 5.75 Å². The molecule has 0 fully saturated rings. The summed E-state index contributed by atoms with van der Waals surface area (Å²) in [4.78, 5) is 12.2. The van der Waals surface area contributed by atoms with Crippen LogP contribution in [0.25, 0.3) is 0 Å². The number of halogens is 1. The van der Waals surface area contributed by atoms with Crippen molar-refractivity contribution in [1.29, 1.82) is 0 Å². The number of nitrogens with zero attached hydrogens (tertiary/aromatic N) is 2. The lowest BCUT2D eigenvalue weighted by molar-refractivity contribution is -0.123. The van der Waals surface area contributed by atoms with Crippen LogP contribution in [0.4, 0.5) is 0 Å². The summed E-state index contributed by atoms with van der Waals surface area (Å²) in [5.74, 6) is 0.661. The van der Waals surface area contributed by atoms with Gasteiger partial charge in [-0.1, -0.05) is 22.0 Å². The van der Waals surface area contributed by atoms with Crippen molar-refractivity contribution in [3.63, 3.8) is 0 Å². The van der Waals surface area contributed by atoms with Gasteiger partial charge in [-0.15, -0.1) is 0 Å². The number of amides is 1. The molecule has 7 heteroatoms. The number of nitrogens with one attached hydrogen (secondary N) is 2. The average Bonchev–Trinajstić information content (AvgIpc) is 2.91. The Hall–Kier alpha value is -1.86. The van der Waals surface area contributed by atoms with Crippen molar-refractivity contribution in [3.05, 3.63) is 46.7 Å². The van der Waals surface area contributed by atoms with Crippen molar-refractivity contribution >= 4 is 21.8 Å². The lowest BCUT2D eigenvalue weighted by Crippen LogP contribution is -2.37. The number of aryl methyl sites for hydroxylation is 1. The van der Waals surface area contributed by atoms with E-state index in [2.05, 4.69) is 31.7 Å². The number of aromatic nitrogens is 2. The predicted octanol–water partition coefficient (Wildman–Crippen LogP) is 1.64. The molecule has 0 aliphatic rings. The monoisotopic (exact) mass is 366 g/mol. The molecule has 1 unspecified atom stereocenters. The highest BCUT2D eigenvalue weighted by Gasteiger charge is 2.19. The Bertz CT molecular complexity index is 630. The molecular weight excluding hydrogens is 348 g/mol. The van der Waals surface area contributed by atoms with Gasteiger partial charge in [0.05, 0.1) is 12.7 Å². The molecular formula is C15H19BrN4O2. The van der Waals surface area contributed by atoms with Gasteiger partial charge >= 0.3 is 0 Å². The van der Waals surface area contributed by atoms with Gasteiger partial charge in [-0.05, 0) is 25.2 Å². The summed E-state index contributed by atoms with van der Waals surface area (Å²) >= 11 is 3.38. The Labute approximate surface area is 138 Å². The first kappa shape index (κ1) is 16.5. The number of carbonyl (C=O) groups is 1. The second-order valence-corrected chi connectivity index (χ2v) is 5.68. The van der Waals surface area contributed by atoms with Crippen LogP contribution in [0.3, 0.4) is 0 Å². The molecule has 2 N–H and O–H groups in total. The third kappa shape index (κ3) is 4.57. The van der Waals surface area contributed by atoms with E-state index >= 15 is 0 Å². The Balaban J connectivity index is 1.79. The summed E-state index contributed by atoms with van der Waals surface area (Å²) in [6.45, 7) is 0.843. The fourth-order valence-electron chi connectivity index (χ4n) is 2.04. The minimum atomic E-state index is -0.417. The van der Waals surface area contributed by atoms with Crippen LogP contribution in [-0.4, -0.2) is 35.9 Å². The highest BCUT2D eigenvalue weighted by atomic mass is 79.9. The molecule has 0 bridgehead atoms. The molecule has 6 nitrogen and oxygen atoms in total. The number of rotatable bonds is 7. The minimum absolute atomic E-state index is 0.103. The highest BCUT2D eigenvalue weighted by Crippen LogP contribution is 2.17. The lowest BCUT2D eigenvalue weighted by Gasteiger charge is -2.14. The predicted molar refractivity (Wildman–Crippen MR) is 87.7 cm³/mol. The summed E-state index contributed by atoms with van der Waals surface area (Å²) in [7, 11) is 3.56. The molecule has 1 heterocycles. The van der Waals surface area contributed by atoms with Crippen LogP contribution >= 0.6 is 15.9 Å². The third-order valence-corrected chi connectivity index (χ3v) is 3.57. The average molecular weight is 367 g/mol. The van der Waals surface area contributed by atoms with Crippen molar-refractivity contribution in [2.75, 3.05) is 20.2 Å². The number of ether oxygens (including phenoxy) is 1. The van der Waals surface area contributed by atoms with Crippen molar-refractivity contribution in [2.24, 2.45) is 7.05 Å². The number of benzene rings is 1. The number of hydrogen-bond acceptors (Lipinski definition) is 4. The third-order valence-electron chi connectivity index (χ3n) is 3.08. The standard InChI is InChI=1S/C15H19BrN4O2/c1-17-14(11-9-19-20(2)10-11)15(21)18-6-7-22-13-5-3-4-12(16)8-13/h3-5,8-10,14,17H,6-7H2,1-2H3,(H,18,21). The normalized spacial score (nSPS) is 12.0. The Morgan fingerprint density at radius 2 is 2.32 bits per heavy atom. The van der Waals surface area contributed by atoms with Crippen LogP contribution in [-0.2, 0) is 11.8 Å². The molecule has 118 valence electrons. The van der Waals surface area contributed by atoms with Crippen molar-refractivity contribution in [2.45, 2.75) is 6.04 Å². The molecule has 1 aromatic carbocycles. The van der Waals surface area contributed by atoms with Crippen LogP contribution in [0.2, 0.25) is 0 Å². The minimum Gasteiger partial charge on any atom is -0.492 e. The van der Waals surface area contributed by atoms with Gasteiger partial charge in [0.1, 0.15) is 18.4 Å². The van der Waals surface area contributed by atoms with Crippen molar-refractivity contribution < 1.29 is 9.53 Å². The smallest absolute Gasteiger partial charge is 0.241 e. The lowest BCUT2D eigenvalue weighted by atomic mass is 10.1. The Morgan fingerprint density at radius 1 is 1.50 bits per heavy atom. The van der Waals surface area contributed by atoms with Crippen LogP contribution in [0, 0.1) is 0 Å². The molecule has 22 heavy (non-hydrogen) atoms. The summed E-state index contributed by atoms with van der Waals surface area (Å²) in [6.07, 6.45) is 3.50. The maximum absolute atomic E-state index is 12.2. The van der Waals surface area contributed by atoms with E-state index in [9.17, 15) is 4.79 Å². The van der Waals surface area contributed by atoms with Crippen molar-refractivity contribution in [1.82, 2.24) is 20.4 Å². The fraction of sp³-hybridized carbons (Fsp3) is 0.333. The summed E-state index contributed by atoms with van der Waals surface area (Å²) in [5, 5.41) is 9.92. The van der Waals surface area contributed by atoms with Gasteiger partial charge in [0.2, 0.25) is 5.91 Å². The molecule has 0 saturated heterocycles. The summed E-state index contributed by atoms with van der Waals surface area (Å²) in [5.41, 5.74) is 0.829. The number of hydrogen-bond donors (Lipinski definition) is 2. The molecule has 1 atom stereocenters. The SMILES string of the molecule is CNC(C(=O)NCCOc1cccc(Br)c1)c1cnn(C)c1. The zero-order valence-electron chi connectivity index (χ0n) is 12.5. The van der Waals surface area contributed by atoms with Gasteiger partial charge in [0, 0.05) is 23.3 Å². The van der Waals surface area contributed by atoms with E-state index in [4.69, 9.17) is 4.74 Å². The molecule has 2 aromatic rings. The number of carbonyl (C=O) groups excluding carboxylic acids is 1. The second-order valence-electron chi connectivity index (χ2n) is 4.77. The molecule has 0 aliphatic carbocycles. The maximum Gasteiger partial charge on any atom is 0.241 e. The van der Waals surface area contributed by atoms with E-state index < -0.39 is 6.04 Å². The Morgan fingerprint density at radius 3 is 2.95 bits per heavy atom. The van der Waals surface area contributed by atoms with E-state index in [1.807, 2.05) is 37.5 Å². The zero-order chi connectivity index (χ0) is 15.9. The van der Waals surface area contributed by atoms with Gasteiger partial charge in [0.25, 0.3) is 0 Å². The first-order valence-corrected chi connectivity index (χ1v) is 7.71. The van der Waals surface area contributed by atoms with E-state index in [0.717, 1.165) is 15.8 Å². The molecule has 0 radical (unpaired) electrons. The van der Waals surface area contributed by atoms with Crippen LogP contribution in [0.15, 0.2) is 41.1 Å². The molecule has 1 aromatic heterocycles. The first-order valence-electron chi connectivity index (χ1n) is 6.92. The van der Waals surface area contributed by atoms with Crippen LogP contribution < -0.4 is 15.4 Å². The summed E-state index contributed by atoms with van der Waals surface area (Å²) < 4.78 is 8.21. The molecule has 0 spiro atoms. The zero-order valence-corrected chi connectivity index (χ0v) is 14.1. The largest absolute Gasteiger partial charge is 0.492 e. The second kappa shape index (κ2) is 7.95. The maximum atomic E-state index is 12.2. The van der Waals surface area contributed by atoms with Crippen LogP contribution in [0.5, 0.6) is 5.75 Å². The molecule has 0 saturated carbocycles. The van der Waals surface area contributed by atoms with E-state index in [1.165, 1.54) is 0 Å². The fourth-order valence-corrected chi connectivity index (χ4v) is 2.42. The molecule has 1 amide bonds. The van der Waals surface area contributed by atoms with Gasteiger partial charge in [0.15, 0.2) is 0 Å². The quantitative estimate of drug-likeness (QED) is 0.731. The van der Waals surface area contributed by atoms with Gasteiger partial charge in [-0.2, -0.15) is 5.10 Å². The molecule has 2 rings (SSSR count). The Kier molecular flexibility index (Phi) is 5.97. The topological polar surface area (TPSA) is 68.2 Å². The van der Waals surface area contributed by atoms with Crippen LogP contribution in [0.1, 0.15) is 11.6 Å². The van der Waals surface area contributed by atoms with Gasteiger partial charge < -0.3 is 15.4 Å². The van der Waals surface area contributed by atoms with E-state index in [0.29, 0.717) is 13.2 Å². The van der Waals surface area contributed by atoms with E-state index in [1.54, 1.807) is 17.9 Å². The van der Waals surface area contributed by atoms with Gasteiger partial charge in [-0.25, -0.2) is 0 Å². The van der Waals surface area contributed by atoms with Gasteiger partial charge in [-0.3, -0.25) is 9.48 Å². The van der Waals surface area contributed by atoms with E-state index in [-0.39, 0.29) is 5.91 Å². The first-order chi connectivity index (χ1) is 10.6. The number of likely N-dealkylation sites (N-methyl/N-ethyl adjacent to an activating group) is 1. The summed E-state index contributed by atoms with van der Waals surface area (Å²) in [6, 6.07) is 7.17. The molecule has 0 aliphatic heterocycles. The highest BCUT2D eigenvalue weighted by molar-refractivity contribution is 9.10.